The lowest BCUT2D eigenvalue weighted by atomic mass is 10.4. The second-order valence-electron chi connectivity index (χ2n) is 1.73. The fraction of sp³-hybridized carbons (Fsp3) is 0. The molecule has 0 aliphatic carbocycles. The normalized spacial score (nSPS) is 10.5. The smallest absolute Gasteiger partial charge is 0.142 e. The van der Waals surface area contributed by atoms with Crippen LogP contribution in [0.1, 0.15) is 5.69 Å². The Kier molecular flexibility index (Phi) is 2.29. The molecule has 1 aromatic rings. The van der Waals surface area contributed by atoms with E-state index in [2.05, 4.69) is 4.98 Å². The Labute approximate surface area is 63.5 Å². The van der Waals surface area contributed by atoms with Crippen molar-refractivity contribution in [3.05, 3.63) is 29.1 Å². The molecule has 0 fully saturated rings. The molecule has 1 N–H and O–H groups in total. The molecule has 0 bridgehead atoms. The van der Waals surface area contributed by atoms with Gasteiger partial charge in [0.2, 0.25) is 0 Å². The van der Waals surface area contributed by atoms with E-state index in [0.29, 0.717) is 11.3 Å². The van der Waals surface area contributed by atoms with Crippen LogP contribution in [0.15, 0.2) is 18.3 Å². The van der Waals surface area contributed by atoms with Gasteiger partial charge in [0.05, 0.1) is 10.7 Å². The predicted molar refractivity (Wildman–Crippen MR) is 40.9 cm³/mol. The number of carbonyl (C=O) groups is 1. The van der Waals surface area contributed by atoms with Gasteiger partial charge in [0, 0.05) is 6.20 Å². The monoisotopic (exact) mass is 155 g/mol. The van der Waals surface area contributed by atoms with Crippen molar-refractivity contribution in [1.29, 1.82) is 0 Å². The second-order valence-corrected chi connectivity index (χ2v) is 2.14. The van der Waals surface area contributed by atoms with Crippen molar-refractivity contribution in [3.8, 4) is 0 Å². The number of H-pyrrole nitrogens is 1. The number of halogens is 1. The molecule has 10 heavy (non-hydrogen) atoms. The second kappa shape index (κ2) is 3.22. The zero-order valence-electron chi connectivity index (χ0n) is 5.17. The summed E-state index contributed by atoms with van der Waals surface area (Å²) in [7, 11) is 0. The number of carbonyl (C=O) groups excluding carboxylic acids is 1. The summed E-state index contributed by atoms with van der Waals surface area (Å²) >= 11 is 5.68. The summed E-state index contributed by atoms with van der Waals surface area (Å²) in [5.74, 6) is 0. The summed E-state index contributed by atoms with van der Waals surface area (Å²) < 4.78 is 0. The van der Waals surface area contributed by atoms with E-state index in [1.807, 2.05) is 0 Å². The average molecular weight is 156 g/mol. The third kappa shape index (κ3) is 1.48. The number of rotatable bonds is 2. The molecule has 2 nitrogen and oxygen atoms in total. The summed E-state index contributed by atoms with van der Waals surface area (Å²) in [6.07, 6.45) is 5.43. The van der Waals surface area contributed by atoms with Crippen molar-refractivity contribution in [3.63, 3.8) is 0 Å². The molecule has 1 heterocycles. The van der Waals surface area contributed by atoms with E-state index in [4.69, 9.17) is 11.6 Å². The summed E-state index contributed by atoms with van der Waals surface area (Å²) in [4.78, 5) is 12.7. The van der Waals surface area contributed by atoms with Gasteiger partial charge in [-0.1, -0.05) is 11.6 Å². The maximum absolute atomic E-state index is 9.87. The van der Waals surface area contributed by atoms with E-state index in [9.17, 15) is 4.79 Å². The van der Waals surface area contributed by atoms with Crippen LogP contribution >= 0.6 is 11.6 Å². The van der Waals surface area contributed by atoms with E-state index in [1.54, 1.807) is 18.3 Å². The molecular formula is C7H6ClNO. The Morgan fingerprint density at radius 3 is 2.90 bits per heavy atom. The van der Waals surface area contributed by atoms with Gasteiger partial charge in [0.15, 0.2) is 0 Å². The van der Waals surface area contributed by atoms with Crippen molar-refractivity contribution < 1.29 is 4.79 Å². The van der Waals surface area contributed by atoms with Crippen molar-refractivity contribution in [2.45, 2.75) is 0 Å². The highest BCUT2D eigenvalue weighted by Crippen LogP contribution is 2.13. The average Bonchev–Trinajstić information content (AvgIpc) is 2.31. The van der Waals surface area contributed by atoms with Gasteiger partial charge in [-0.2, -0.15) is 0 Å². The standard InChI is InChI=1S/C7H6ClNO/c8-6-3-4-9-7(6)2-1-5-10/h1-5,9H. The number of hydrogen-bond donors (Lipinski definition) is 1. The molecule has 3 heteroatoms. The Bertz CT molecular complexity index is 252. The predicted octanol–water partition coefficient (Wildman–Crippen LogP) is 1.88. The first-order valence-corrected chi connectivity index (χ1v) is 3.17. The summed E-state index contributed by atoms with van der Waals surface area (Å²) in [6, 6.07) is 1.73. The Morgan fingerprint density at radius 1 is 1.60 bits per heavy atom. The van der Waals surface area contributed by atoms with Crippen molar-refractivity contribution in [2.75, 3.05) is 0 Å². The molecule has 1 aromatic heterocycles. The molecule has 0 saturated heterocycles. The first-order valence-electron chi connectivity index (χ1n) is 2.79. The third-order valence-corrected chi connectivity index (χ3v) is 1.40. The van der Waals surface area contributed by atoms with Crippen molar-refractivity contribution in [1.82, 2.24) is 4.98 Å². The number of aromatic amines is 1. The fourth-order valence-corrected chi connectivity index (χ4v) is 0.807. The molecule has 0 saturated carbocycles. The SMILES string of the molecule is O=CC=Cc1[nH]ccc1Cl. The highest BCUT2D eigenvalue weighted by Gasteiger charge is 1.93. The van der Waals surface area contributed by atoms with Crippen LogP contribution in [0.25, 0.3) is 6.08 Å². The largest absolute Gasteiger partial charge is 0.360 e. The molecule has 0 atom stereocenters. The molecule has 0 radical (unpaired) electrons. The molecule has 0 unspecified atom stereocenters. The summed E-state index contributed by atoms with van der Waals surface area (Å²) in [5, 5.41) is 0.623. The molecule has 0 spiro atoms. The van der Waals surface area contributed by atoms with E-state index >= 15 is 0 Å². The number of nitrogens with one attached hydrogen (secondary N) is 1. The minimum atomic E-state index is 0.623. The molecule has 0 aromatic carbocycles. The molecule has 0 aliphatic rings. The first kappa shape index (κ1) is 7.09. The number of hydrogen-bond acceptors (Lipinski definition) is 1. The van der Waals surface area contributed by atoms with Crippen LogP contribution in [-0.4, -0.2) is 11.3 Å². The van der Waals surface area contributed by atoms with Crippen LogP contribution in [0.5, 0.6) is 0 Å². The van der Waals surface area contributed by atoms with Crippen LogP contribution < -0.4 is 0 Å². The zero-order chi connectivity index (χ0) is 7.40. The first-order chi connectivity index (χ1) is 4.84. The van der Waals surface area contributed by atoms with E-state index in [-0.39, 0.29) is 0 Å². The van der Waals surface area contributed by atoms with Gasteiger partial charge in [-0.05, 0) is 18.2 Å². The summed E-state index contributed by atoms with van der Waals surface area (Å²) in [5.41, 5.74) is 0.758. The van der Waals surface area contributed by atoms with Crippen LogP contribution in [0, 0.1) is 0 Å². The highest BCUT2D eigenvalue weighted by atomic mass is 35.5. The Morgan fingerprint density at radius 2 is 2.40 bits per heavy atom. The topological polar surface area (TPSA) is 32.9 Å². The van der Waals surface area contributed by atoms with Crippen LogP contribution in [0.4, 0.5) is 0 Å². The van der Waals surface area contributed by atoms with E-state index in [1.165, 1.54) is 6.08 Å². The van der Waals surface area contributed by atoms with Crippen LogP contribution in [0.2, 0.25) is 5.02 Å². The van der Waals surface area contributed by atoms with Gasteiger partial charge in [-0.3, -0.25) is 4.79 Å². The van der Waals surface area contributed by atoms with Crippen molar-refractivity contribution in [2.24, 2.45) is 0 Å². The van der Waals surface area contributed by atoms with Gasteiger partial charge in [-0.25, -0.2) is 0 Å². The molecular weight excluding hydrogens is 150 g/mol. The Hall–Kier alpha value is -1.02. The minimum Gasteiger partial charge on any atom is -0.360 e. The lowest BCUT2D eigenvalue weighted by molar-refractivity contribution is -0.104. The number of aromatic nitrogens is 1. The summed E-state index contributed by atoms with van der Waals surface area (Å²) in [6.45, 7) is 0. The van der Waals surface area contributed by atoms with E-state index in [0.717, 1.165) is 5.69 Å². The highest BCUT2D eigenvalue weighted by molar-refractivity contribution is 6.32. The van der Waals surface area contributed by atoms with Gasteiger partial charge in [0.25, 0.3) is 0 Å². The zero-order valence-corrected chi connectivity index (χ0v) is 5.93. The van der Waals surface area contributed by atoms with Gasteiger partial charge in [0.1, 0.15) is 6.29 Å². The van der Waals surface area contributed by atoms with Gasteiger partial charge >= 0.3 is 0 Å². The lowest BCUT2D eigenvalue weighted by Crippen LogP contribution is -1.69. The lowest BCUT2D eigenvalue weighted by Gasteiger charge is -1.83. The van der Waals surface area contributed by atoms with Gasteiger partial charge in [-0.15, -0.1) is 0 Å². The molecule has 0 amide bonds. The minimum absolute atomic E-state index is 0.623. The number of aldehydes is 1. The van der Waals surface area contributed by atoms with Crippen LogP contribution in [-0.2, 0) is 4.79 Å². The molecule has 52 valence electrons. The van der Waals surface area contributed by atoms with E-state index < -0.39 is 0 Å². The fourth-order valence-electron chi connectivity index (χ4n) is 0.627. The maximum Gasteiger partial charge on any atom is 0.142 e. The number of allylic oxidation sites excluding steroid dienone is 1. The van der Waals surface area contributed by atoms with Crippen LogP contribution in [0.3, 0.4) is 0 Å². The molecule has 0 aliphatic heterocycles. The Balaban J connectivity index is 2.83. The van der Waals surface area contributed by atoms with Crippen molar-refractivity contribution >= 4 is 24.0 Å². The quantitative estimate of drug-likeness (QED) is 0.514. The maximum atomic E-state index is 9.87. The van der Waals surface area contributed by atoms with Gasteiger partial charge < -0.3 is 4.98 Å². The third-order valence-electron chi connectivity index (χ3n) is 1.07. The molecule has 1 rings (SSSR count).